The van der Waals surface area contributed by atoms with Crippen LogP contribution in [0.1, 0.15) is 18.2 Å². The van der Waals surface area contributed by atoms with Gasteiger partial charge in [0.2, 0.25) is 5.95 Å². The topological polar surface area (TPSA) is 61.6 Å². The standard InChI is InChI=1S/C13H11ClN4/c1-2-10-7-12(14)18-13(16-10)17-11-5-3-9(8-15)4-6-11/h3-7H,2H2,1H3,(H,16,17,18). The highest BCUT2D eigenvalue weighted by atomic mass is 35.5. The highest BCUT2D eigenvalue weighted by molar-refractivity contribution is 6.29. The zero-order chi connectivity index (χ0) is 13.0. The third-order valence-corrected chi connectivity index (χ3v) is 2.57. The second-order valence-electron chi connectivity index (χ2n) is 3.67. The lowest BCUT2D eigenvalue weighted by Gasteiger charge is -2.06. The van der Waals surface area contributed by atoms with Crippen LogP contribution in [0.4, 0.5) is 11.6 Å². The van der Waals surface area contributed by atoms with Gasteiger partial charge in [-0.1, -0.05) is 18.5 Å². The van der Waals surface area contributed by atoms with Crippen molar-refractivity contribution < 1.29 is 0 Å². The molecule has 5 heteroatoms. The molecule has 90 valence electrons. The van der Waals surface area contributed by atoms with Crippen molar-refractivity contribution in [3.8, 4) is 6.07 Å². The lowest BCUT2D eigenvalue weighted by Crippen LogP contribution is -2.00. The number of aromatic nitrogens is 2. The number of nitrogens with one attached hydrogen (secondary N) is 1. The van der Waals surface area contributed by atoms with Crippen LogP contribution in [0, 0.1) is 11.3 Å². The van der Waals surface area contributed by atoms with Crippen LogP contribution >= 0.6 is 11.6 Å². The van der Waals surface area contributed by atoms with Gasteiger partial charge in [0.1, 0.15) is 5.15 Å². The first kappa shape index (κ1) is 12.3. The minimum Gasteiger partial charge on any atom is -0.324 e. The number of nitriles is 1. The number of aryl methyl sites for hydroxylation is 1. The van der Waals surface area contributed by atoms with Gasteiger partial charge in [-0.15, -0.1) is 0 Å². The average Bonchev–Trinajstić information content (AvgIpc) is 2.39. The molecule has 2 rings (SSSR count). The highest BCUT2D eigenvalue weighted by Crippen LogP contribution is 2.16. The molecule has 0 aliphatic carbocycles. The van der Waals surface area contributed by atoms with E-state index in [4.69, 9.17) is 16.9 Å². The molecule has 0 radical (unpaired) electrons. The van der Waals surface area contributed by atoms with Gasteiger partial charge in [0, 0.05) is 11.4 Å². The quantitative estimate of drug-likeness (QED) is 0.858. The van der Waals surface area contributed by atoms with Crippen LogP contribution in [-0.4, -0.2) is 9.97 Å². The van der Waals surface area contributed by atoms with Crippen molar-refractivity contribution in [2.75, 3.05) is 5.32 Å². The number of hydrogen-bond acceptors (Lipinski definition) is 4. The van der Waals surface area contributed by atoms with Crippen LogP contribution < -0.4 is 5.32 Å². The Labute approximate surface area is 110 Å². The summed E-state index contributed by atoms with van der Waals surface area (Å²) in [5.41, 5.74) is 2.31. The average molecular weight is 259 g/mol. The minimum atomic E-state index is 0.415. The van der Waals surface area contributed by atoms with Crippen LogP contribution in [-0.2, 0) is 6.42 Å². The summed E-state index contributed by atoms with van der Waals surface area (Å²) in [6.07, 6.45) is 0.796. The third kappa shape index (κ3) is 2.96. The van der Waals surface area contributed by atoms with Gasteiger partial charge in [-0.3, -0.25) is 0 Å². The Morgan fingerprint density at radius 3 is 2.61 bits per heavy atom. The molecular weight excluding hydrogens is 248 g/mol. The van der Waals surface area contributed by atoms with Gasteiger partial charge >= 0.3 is 0 Å². The first-order chi connectivity index (χ1) is 8.71. The maximum absolute atomic E-state index is 8.71. The Bertz CT molecular complexity index is 587. The molecule has 0 aliphatic rings. The zero-order valence-corrected chi connectivity index (χ0v) is 10.6. The summed E-state index contributed by atoms with van der Waals surface area (Å²) in [4.78, 5) is 8.42. The van der Waals surface area contributed by atoms with Crippen molar-refractivity contribution in [3.63, 3.8) is 0 Å². The summed E-state index contributed by atoms with van der Waals surface area (Å²) in [5, 5.41) is 12.2. The van der Waals surface area contributed by atoms with E-state index in [0.29, 0.717) is 16.7 Å². The van der Waals surface area contributed by atoms with Crippen molar-refractivity contribution in [3.05, 3.63) is 46.7 Å². The van der Waals surface area contributed by atoms with Crippen LogP contribution in [0.2, 0.25) is 5.15 Å². The number of rotatable bonds is 3. The molecule has 4 nitrogen and oxygen atoms in total. The van der Waals surface area contributed by atoms with E-state index >= 15 is 0 Å². The van der Waals surface area contributed by atoms with E-state index in [1.54, 1.807) is 30.3 Å². The number of hydrogen-bond donors (Lipinski definition) is 1. The molecule has 0 spiro atoms. The Morgan fingerprint density at radius 2 is 2.00 bits per heavy atom. The van der Waals surface area contributed by atoms with E-state index in [-0.39, 0.29) is 0 Å². The lowest BCUT2D eigenvalue weighted by molar-refractivity contribution is 1.00. The van der Waals surface area contributed by atoms with Gasteiger partial charge in [-0.05, 0) is 36.8 Å². The van der Waals surface area contributed by atoms with Crippen molar-refractivity contribution in [2.45, 2.75) is 13.3 Å². The van der Waals surface area contributed by atoms with E-state index in [1.165, 1.54) is 0 Å². The monoisotopic (exact) mass is 258 g/mol. The maximum Gasteiger partial charge on any atom is 0.228 e. The van der Waals surface area contributed by atoms with Gasteiger partial charge in [-0.25, -0.2) is 9.97 Å². The Kier molecular flexibility index (Phi) is 3.75. The van der Waals surface area contributed by atoms with Gasteiger partial charge in [-0.2, -0.15) is 5.26 Å². The van der Waals surface area contributed by atoms with Crippen LogP contribution in [0.3, 0.4) is 0 Å². The Morgan fingerprint density at radius 1 is 1.28 bits per heavy atom. The number of anilines is 2. The van der Waals surface area contributed by atoms with E-state index in [0.717, 1.165) is 17.8 Å². The highest BCUT2D eigenvalue weighted by Gasteiger charge is 2.02. The lowest BCUT2D eigenvalue weighted by atomic mass is 10.2. The molecule has 0 saturated heterocycles. The van der Waals surface area contributed by atoms with Crippen molar-refractivity contribution in [1.82, 2.24) is 9.97 Å². The largest absolute Gasteiger partial charge is 0.324 e. The summed E-state index contributed by atoms with van der Waals surface area (Å²) < 4.78 is 0. The summed E-state index contributed by atoms with van der Waals surface area (Å²) >= 11 is 5.91. The molecule has 2 aromatic rings. The first-order valence-corrected chi connectivity index (χ1v) is 5.89. The molecule has 1 aromatic carbocycles. The van der Waals surface area contributed by atoms with E-state index in [1.807, 2.05) is 6.92 Å². The molecule has 0 amide bonds. The maximum atomic E-state index is 8.71. The predicted molar refractivity (Wildman–Crippen MR) is 70.9 cm³/mol. The van der Waals surface area contributed by atoms with Crippen LogP contribution in [0.15, 0.2) is 30.3 Å². The molecule has 0 atom stereocenters. The van der Waals surface area contributed by atoms with Crippen LogP contribution in [0.25, 0.3) is 0 Å². The number of halogens is 1. The van der Waals surface area contributed by atoms with E-state index in [9.17, 15) is 0 Å². The molecular formula is C13H11ClN4. The second-order valence-corrected chi connectivity index (χ2v) is 4.06. The molecule has 18 heavy (non-hydrogen) atoms. The summed E-state index contributed by atoms with van der Waals surface area (Å²) in [5.74, 6) is 0.462. The normalized spacial score (nSPS) is 9.83. The predicted octanol–water partition coefficient (Wildman–Crippen LogP) is 3.31. The molecule has 0 fully saturated rings. The first-order valence-electron chi connectivity index (χ1n) is 5.52. The van der Waals surface area contributed by atoms with Gasteiger partial charge in [0.25, 0.3) is 0 Å². The summed E-state index contributed by atoms with van der Waals surface area (Å²) in [6, 6.07) is 10.9. The number of nitrogens with zero attached hydrogens (tertiary/aromatic N) is 3. The molecule has 1 aromatic heterocycles. The van der Waals surface area contributed by atoms with Crippen molar-refractivity contribution in [2.24, 2.45) is 0 Å². The Balaban J connectivity index is 2.22. The molecule has 0 saturated carbocycles. The molecule has 0 unspecified atom stereocenters. The fraction of sp³-hybridized carbons (Fsp3) is 0.154. The summed E-state index contributed by atoms with van der Waals surface area (Å²) in [6.45, 7) is 2.00. The summed E-state index contributed by atoms with van der Waals surface area (Å²) in [7, 11) is 0. The van der Waals surface area contributed by atoms with Crippen molar-refractivity contribution >= 4 is 23.2 Å². The fourth-order valence-electron chi connectivity index (χ4n) is 1.46. The minimum absolute atomic E-state index is 0.415. The van der Waals surface area contributed by atoms with Crippen molar-refractivity contribution in [1.29, 1.82) is 5.26 Å². The Hall–Kier alpha value is -2.12. The zero-order valence-electron chi connectivity index (χ0n) is 9.81. The number of benzene rings is 1. The SMILES string of the molecule is CCc1cc(Cl)nc(Nc2ccc(C#N)cc2)n1. The second kappa shape index (κ2) is 5.48. The fourth-order valence-corrected chi connectivity index (χ4v) is 1.66. The van der Waals surface area contributed by atoms with E-state index < -0.39 is 0 Å². The molecule has 0 aliphatic heterocycles. The smallest absolute Gasteiger partial charge is 0.228 e. The molecule has 1 heterocycles. The van der Waals surface area contributed by atoms with Crippen LogP contribution in [0.5, 0.6) is 0 Å². The molecule has 0 bridgehead atoms. The third-order valence-electron chi connectivity index (χ3n) is 2.38. The van der Waals surface area contributed by atoms with Gasteiger partial charge in [0.15, 0.2) is 0 Å². The van der Waals surface area contributed by atoms with Gasteiger partial charge < -0.3 is 5.32 Å². The molecule has 1 N–H and O–H groups in total. The van der Waals surface area contributed by atoms with Gasteiger partial charge in [0.05, 0.1) is 11.6 Å². The van der Waals surface area contributed by atoms with E-state index in [2.05, 4.69) is 21.4 Å².